The summed E-state index contributed by atoms with van der Waals surface area (Å²) >= 11 is 0. The topological polar surface area (TPSA) is 76.1 Å². The molecule has 50 heavy (non-hydrogen) atoms. The van der Waals surface area contributed by atoms with E-state index in [1.807, 2.05) is 4.68 Å². The van der Waals surface area contributed by atoms with Gasteiger partial charge in [0.1, 0.15) is 0 Å². The Morgan fingerprint density at radius 3 is 1.68 bits per heavy atom. The maximum atomic E-state index is 11.1. The second kappa shape index (κ2) is 11.0. The predicted molar refractivity (Wildman–Crippen MR) is 198 cm³/mol. The lowest BCUT2D eigenvalue weighted by molar-refractivity contribution is -0.139. The van der Waals surface area contributed by atoms with Gasteiger partial charge in [0.2, 0.25) is 0 Å². The van der Waals surface area contributed by atoms with Crippen molar-refractivity contribution in [1.29, 1.82) is 0 Å². The lowest BCUT2D eigenvalue weighted by Crippen LogP contribution is -2.56. The van der Waals surface area contributed by atoms with Crippen LogP contribution in [0.15, 0.2) is 12.4 Å². The lowest BCUT2D eigenvalue weighted by atomic mass is 9.44. The highest BCUT2D eigenvalue weighted by molar-refractivity contribution is 5.28. The Balaban J connectivity index is 0.000000135. The first-order valence-corrected chi connectivity index (χ1v) is 21.0. The van der Waals surface area contributed by atoms with E-state index < -0.39 is 11.2 Å². The summed E-state index contributed by atoms with van der Waals surface area (Å²) in [6.45, 7) is 14.2. The number of rotatable bonds is 0. The summed E-state index contributed by atoms with van der Waals surface area (Å²) in [4.78, 5) is 0. The molecule has 0 bridgehead atoms. The fourth-order valence-electron chi connectivity index (χ4n) is 15.9. The Hall–Kier alpha value is -1.66. The molecule has 6 fully saturated rings. The standard InChI is InChI=1S/2C22H34N2O/c1-20-12-14-13-24(4)23-19(14)11-15(20)5-6-16-17(20)7-9-21(2)18(16)8-10-22(21,3)25;1-20-12-14-13-23-24(4)19(14)11-15(20)5-6-16-17(20)7-9-21(2)18(16)8-10-22(21,3)25/h2*13,15-18,25H,5-12H2,1-4H3/t2*15?,16?,17?,18?,20-,21-,22-/m00/s1. The molecule has 6 nitrogen and oxygen atoms in total. The molecule has 2 aromatic heterocycles. The molecule has 0 amide bonds. The molecule has 6 heteroatoms. The molecular formula is C44H68N4O2. The van der Waals surface area contributed by atoms with E-state index >= 15 is 0 Å². The molecule has 8 aliphatic rings. The van der Waals surface area contributed by atoms with Crippen molar-refractivity contribution in [2.75, 3.05) is 0 Å². The minimum atomic E-state index is -0.455. The van der Waals surface area contributed by atoms with Gasteiger partial charge in [-0.2, -0.15) is 10.2 Å². The third-order valence-electron chi connectivity index (χ3n) is 19.4. The molecule has 6 saturated carbocycles. The summed E-state index contributed by atoms with van der Waals surface area (Å²) in [5, 5.41) is 31.4. The van der Waals surface area contributed by atoms with Gasteiger partial charge in [0, 0.05) is 26.0 Å². The molecule has 2 N–H and O–H groups in total. The van der Waals surface area contributed by atoms with Crippen molar-refractivity contribution in [3.63, 3.8) is 0 Å². The van der Waals surface area contributed by atoms with Crippen LogP contribution < -0.4 is 0 Å². The molecule has 2 heterocycles. The van der Waals surface area contributed by atoms with E-state index in [-0.39, 0.29) is 10.8 Å². The molecule has 0 aliphatic heterocycles. The Labute approximate surface area is 302 Å². The second-order valence-corrected chi connectivity index (χ2v) is 21.1. The van der Waals surface area contributed by atoms with E-state index in [9.17, 15) is 10.2 Å². The number of hydrogen-bond acceptors (Lipinski definition) is 4. The van der Waals surface area contributed by atoms with E-state index in [2.05, 4.69) is 77.8 Å². The van der Waals surface area contributed by atoms with Gasteiger partial charge in [-0.25, -0.2) is 0 Å². The zero-order chi connectivity index (χ0) is 35.2. The van der Waals surface area contributed by atoms with Crippen molar-refractivity contribution in [1.82, 2.24) is 19.6 Å². The van der Waals surface area contributed by atoms with E-state index in [0.29, 0.717) is 10.8 Å². The number of hydrogen-bond donors (Lipinski definition) is 2. The zero-order valence-corrected chi connectivity index (χ0v) is 32.8. The summed E-state index contributed by atoms with van der Waals surface area (Å²) in [7, 11) is 4.18. The molecule has 10 rings (SSSR count). The highest BCUT2D eigenvalue weighted by atomic mass is 16.3. The molecular weight excluding hydrogens is 617 g/mol. The lowest BCUT2D eigenvalue weighted by Gasteiger charge is -2.60. The summed E-state index contributed by atoms with van der Waals surface area (Å²) < 4.78 is 4.14. The van der Waals surface area contributed by atoms with Crippen LogP contribution in [0.1, 0.15) is 141 Å². The quantitative estimate of drug-likeness (QED) is 0.293. The van der Waals surface area contributed by atoms with E-state index in [0.717, 1.165) is 60.2 Å². The summed E-state index contributed by atoms with van der Waals surface area (Å²) in [6, 6.07) is 0. The minimum Gasteiger partial charge on any atom is -0.390 e. The molecule has 2 aromatic rings. The van der Waals surface area contributed by atoms with Crippen molar-refractivity contribution in [2.24, 2.45) is 83.1 Å². The van der Waals surface area contributed by atoms with Gasteiger partial charge in [0.25, 0.3) is 0 Å². The first-order chi connectivity index (χ1) is 23.5. The molecule has 0 radical (unpaired) electrons. The average Bonchev–Trinajstić information content (AvgIpc) is 3.74. The fourth-order valence-corrected chi connectivity index (χ4v) is 15.9. The molecule has 8 unspecified atom stereocenters. The number of aromatic nitrogens is 4. The largest absolute Gasteiger partial charge is 0.390 e. The van der Waals surface area contributed by atoms with Crippen LogP contribution in [0.4, 0.5) is 0 Å². The van der Waals surface area contributed by atoms with Gasteiger partial charge < -0.3 is 10.2 Å². The van der Waals surface area contributed by atoms with Gasteiger partial charge in [-0.15, -0.1) is 0 Å². The number of nitrogens with zero attached hydrogens (tertiary/aromatic N) is 4. The Morgan fingerprint density at radius 2 is 1.12 bits per heavy atom. The van der Waals surface area contributed by atoms with Crippen LogP contribution in [0.25, 0.3) is 0 Å². The van der Waals surface area contributed by atoms with Crippen molar-refractivity contribution >= 4 is 0 Å². The average molecular weight is 685 g/mol. The maximum Gasteiger partial charge on any atom is 0.0675 e. The highest BCUT2D eigenvalue weighted by Gasteiger charge is 2.65. The third-order valence-corrected chi connectivity index (χ3v) is 19.4. The van der Waals surface area contributed by atoms with Crippen molar-refractivity contribution < 1.29 is 10.2 Å². The van der Waals surface area contributed by atoms with Gasteiger partial charge >= 0.3 is 0 Å². The zero-order valence-electron chi connectivity index (χ0n) is 32.8. The normalized spacial score (nSPS) is 51.4. The summed E-state index contributed by atoms with van der Waals surface area (Å²) in [5.41, 5.74) is 6.13. The van der Waals surface area contributed by atoms with Gasteiger partial charge in [-0.1, -0.05) is 27.7 Å². The van der Waals surface area contributed by atoms with Crippen LogP contribution in [0.2, 0.25) is 0 Å². The van der Waals surface area contributed by atoms with Crippen molar-refractivity contribution in [3.05, 3.63) is 34.9 Å². The fraction of sp³-hybridized carbons (Fsp3) is 0.864. The Bertz CT molecular complexity index is 1600. The van der Waals surface area contributed by atoms with Crippen LogP contribution in [0, 0.1) is 69.0 Å². The maximum absolute atomic E-state index is 11.1. The third kappa shape index (κ3) is 4.51. The second-order valence-electron chi connectivity index (χ2n) is 21.1. The summed E-state index contributed by atoms with van der Waals surface area (Å²) in [6.07, 6.45) is 24.3. The minimum absolute atomic E-state index is 0.144. The van der Waals surface area contributed by atoms with Crippen molar-refractivity contribution in [2.45, 2.75) is 155 Å². The molecule has 0 spiro atoms. The van der Waals surface area contributed by atoms with Gasteiger partial charge in [-0.05, 0) is 197 Å². The summed E-state index contributed by atoms with van der Waals surface area (Å²) in [5.74, 6) is 6.42. The Morgan fingerprint density at radius 1 is 0.620 bits per heavy atom. The monoisotopic (exact) mass is 685 g/mol. The van der Waals surface area contributed by atoms with Crippen LogP contribution in [-0.4, -0.2) is 41.0 Å². The smallest absolute Gasteiger partial charge is 0.0675 e. The molecule has 276 valence electrons. The van der Waals surface area contributed by atoms with Crippen LogP contribution in [-0.2, 0) is 39.8 Å². The van der Waals surface area contributed by atoms with Gasteiger partial charge in [0.15, 0.2) is 0 Å². The SMILES string of the molecule is Cn1cc2c(n1)CC1CCC3C(CC[C@@]4(C)C3CC[C@]4(C)O)[C@@]1(C)C2.Cn1ncc2c1CC1CCC3C(CC[C@@]4(C)C3CC[C@]4(C)O)[C@@]1(C)C2. The number of aliphatic hydroxyl groups is 2. The molecule has 0 saturated heterocycles. The Kier molecular flexibility index (Phi) is 7.48. The van der Waals surface area contributed by atoms with Crippen molar-refractivity contribution in [3.8, 4) is 0 Å². The first-order valence-electron chi connectivity index (χ1n) is 21.0. The van der Waals surface area contributed by atoms with Crippen LogP contribution >= 0.6 is 0 Å². The van der Waals surface area contributed by atoms with E-state index in [4.69, 9.17) is 5.10 Å². The molecule has 8 aliphatic carbocycles. The molecule has 14 atom stereocenters. The first kappa shape index (κ1) is 34.1. The van der Waals surface area contributed by atoms with E-state index in [1.165, 1.54) is 112 Å². The van der Waals surface area contributed by atoms with Gasteiger partial charge in [0.05, 0.1) is 23.1 Å². The highest BCUT2D eigenvalue weighted by Crippen LogP contribution is 2.69. The van der Waals surface area contributed by atoms with Crippen LogP contribution in [0.3, 0.4) is 0 Å². The van der Waals surface area contributed by atoms with Gasteiger partial charge in [-0.3, -0.25) is 9.36 Å². The van der Waals surface area contributed by atoms with E-state index in [1.54, 1.807) is 0 Å². The number of fused-ring (bicyclic) bond motifs is 12. The van der Waals surface area contributed by atoms with Crippen LogP contribution in [0.5, 0.6) is 0 Å². The predicted octanol–water partition coefficient (Wildman–Crippen LogP) is 8.26. The number of aryl methyl sites for hydroxylation is 2. The molecule has 0 aromatic carbocycles.